The SMILES string of the molecule is C[C@H]([C@H](C(=O)Nc1cc(C[C@H](C)C(=O)O)ccc1Cl)N1CCC(C(F)(F)F)CC1)C(F)(F)F. The van der Waals surface area contributed by atoms with Crippen LogP contribution in [0.4, 0.5) is 32.0 Å². The average molecular weight is 503 g/mol. The number of carboxylic acid groups (broad SMARTS) is 1. The van der Waals surface area contributed by atoms with Crippen molar-refractivity contribution in [1.82, 2.24) is 4.90 Å². The van der Waals surface area contributed by atoms with Gasteiger partial charge in [-0.05, 0) is 50.0 Å². The normalized spacial score (nSPS) is 19.1. The van der Waals surface area contributed by atoms with Crippen molar-refractivity contribution in [3.8, 4) is 0 Å². The molecular weight excluding hydrogens is 478 g/mol. The van der Waals surface area contributed by atoms with Crippen LogP contribution in [0.2, 0.25) is 5.02 Å². The fourth-order valence-electron chi connectivity index (χ4n) is 3.84. The third-order valence-electron chi connectivity index (χ3n) is 5.90. The number of benzene rings is 1. The minimum Gasteiger partial charge on any atom is -0.481 e. The molecule has 0 unspecified atom stereocenters. The van der Waals surface area contributed by atoms with Crippen molar-refractivity contribution < 1.29 is 41.0 Å². The molecule has 0 aliphatic carbocycles. The lowest BCUT2D eigenvalue weighted by molar-refractivity contribution is -0.200. The first-order valence-electron chi connectivity index (χ1n) is 10.3. The number of halogens is 7. The number of anilines is 1. The van der Waals surface area contributed by atoms with Crippen molar-refractivity contribution in [1.29, 1.82) is 0 Å². The van der Waals surface area contributed by atoms with Crippen molar-refractivity contribution in [3.05, 3.63) is 28.8 Å². The fraction of sp³-hybridized carbons (Fsp3) is 0.619. The molecule has 1 heterocycles. The second-order valence-electron chi connectivity index (χ2n) is 8.37. The molecule has 186 valence electrons. The number of hydrogen-bond donors (Lipinski definition) is 2. The van der Waals surface area contributed by atoms with Gasteiger partial charge in [-0.1, -0.05) is 31.5 Å². The molecule has 1 aliphatic rings. The third kappa shape index (κ3) is 7.23. The highest BCUT2D eigenvalue weighted by Crippen LogP contribution is 2.38. The van der Waals surface area contributed by atoms with E-state index in [9.17, 15) is 35.9 Å². The lowest BCUT2D eigenvalue weighted by atomic mass is 9.91. The van der Waals surface area contributed by atoms with Crippen molar-refractivity contribution in [2.24, 2.45) is 17.8 Å². The van der Waals surface area contributed by atoms with Gasteiger partial charge in [0.15, 0.2) is 0 Å². The van der Waals surface area contributed by atoms with Gasteiger partial charge in [0.25, 0.3) is 0 Å². The summed E-state index contributed by atoms with van der Waals surface area (Å²) in [7, 11) is 0. The molecule has 1 aromatic rings. The highest BCUT2D eigenvalue weighted by molar-refractivity contribution is 6.33. The summed E-state index contributed by atoms with van der Waals surface area (Å²) in [5, 5.41) is 11.5. The third-order valence-corrected chi connectivity index (χ3v) is 6.23. The predicted octanol–water partition coefficient (Wildman–Crippen LogP) is 5.38. The number of carbonyl (C=O) groups excluding carboxylic acids is 1. The van der Waals surface area contributed by atoms with Gasteiger partial charge in [-0.2, -0.15) is 26.3 Å². The summed E-state index contributed by atoms with van der Waals surface area (Å²) in [5.41, 5.74) is 0.498. The van der Waals surface area contributed by atoms with E-state index >= 15 is 0 Å². The molecule has 1 aliphatic heterocycles. The number of nitrogens with one attached hydrogen (secondary N) is 1. The maximum Gasteiger partial charge on any atom is 0.393 e. The predicted molar refractivity (Wildman–Crippen MR) is 110 cm³/mol. The molecule has 1 fully saturated rings. The highest BCUT2D eigenvalue weighted by atomic mass is 35.5. The Morgan fingerprint density at radius 2 is 1.73 bits per heavy atom. The number of likely N-dealkylation sites (tertiary alicyclic amines) is 1. The molecule has 33 heavy (non-hydrogen) atoms. The van der Waals surface area contributed by atoms with Crippen LogP contribution in [0.5, 0.6) is 0 Å². The van der Waals surface area contributed by atoms with Gasteiger partial charge in [-0.25, -0.2) is 0 Å². The zero-order valence-corrected chi connectivity index (χ0v) is 18.7. The first kappa shape index (κ1) is 27.2. The Balaban J connectivity index is 2.25. The molecule has 0 bridgehead atoms. The number of hydrogen-bond acceptors (Lipinski definition) is 3. The van der Waals surface area contributed by atoms with Crippen LogP contribution in [0.3, 0.4) is 0 Å². The van der Waals surface area contributed by atoms with Crippen LogP contribution in [0, 0.1) is 17.8 Å². The van der Waals surface area contributed by atoms with Crippen LogP contribution in [-0.4, -0.2) is 53.4 Å². The molecule has 0 saturated carbocycles. The van der Waals surface area contributed by atoms with E-state index in [0.29, 0.717) is 5.56 Å². The topological polar surface area (TPSA) is 69.6 Å². The largest absolute Gasteiger partial charge is 0.481 e. The first-order chi connectivity index (χ1) is 15.1. The van der Waals surface area contributed by atoms with Crippen LogP contribution in [0.25, 0.3) is 0 Å². The summed E-state index contributed by atoms with van der Waals surface area (Å²) >= 11 is 6.08. The van der Waals surface area contributed by atoms with E-state index in [-0.39, 0.29) is 30.2 Å². The maximum absolute atomic E-state index is 13.5. The number of aliphatic carboxylic acids is 1. The molecule has 2 rings (SSSR count). The second kappa shape index (κ2) is 10.5. The van der Waals surface area contributed by atoms with Crippen LogP contribution in [-0.2, 0) is 16.0 Å². The van der Waals surface area contributed by atoms with E-state index in [1.165, 1.54) is 25.1 Å². The summed E-state index contributed by atoms with van der Waals surface area (Å²) in [6.45, 7) is 1.66. The minimum atomic E-state index is -4.76. The molecule has 3 atom stereocenters. The molecule has 0 spiro atoms. The Morgan fingerprint density at radius 3 is 2.21 bits per heavy atom. The van der Waals surface area contributed by atoms with Crippen LogP contribution in [0.1, 0.15) is 32.3 Å². The van der Waals surface area contributed by atoms with Crippen molar-refractivity contribution in [2.45, 2.75) is 51.5 Å². The second-order valence-corrected chi connectivity index (χ2v) is 8.78. The highest BCUT2D eigenvalue weighted by Gasteiger charge is 2.49. The lowest BCUT2D eigenvalue weighted by Crippen LogP contribution is -2.55. The zero-order chi connectivity index (χ0) is 25.1. The van der Waals surface area contributed by atoms with Crippen LogP contribution < -0.4 is 5.32 Å². The summed E-state index contributed by atoms with van der Waals surface area (Å²) in [6, 6.07) is 2.55. The molecule has 0 radical (unpaired) electrons. The number of rotatable bonds is 7. The van der Waals surface area contributed by atoms with Crippen molar-refractivity contribution >= 4 is 29.2 Å². The van der Waals surface area contributed by atoms with E-state index in [1.807, 2.05) is 0 Å². The van der Waals surface area contributed by atoms with E-state index < -0.39 is 60.9 Å². The van der Waals surface area contributed by atoms with Crippen molar-refractivity contribution in [2.75, 3.05) is 18.4 Å². The van der Waals surface area contributed by atoms with Crippen LogP contribution >= 0.6 is 11.6 Å². The lowest BCUT2D eigenvalue weighted by Gasteiger charge is -2.40. The van der Waals surface area contributed by atoms with Gasteiger partial charge < -0.3 is 10.4 Å². The Labute approximate surface area is 192 Å². The summed E-state index contributed by atoms with van der Waals surface area (Å²) in [4.78, 5) is 25.1. The molecule has 1 amide bonds. The summed E-state index contributed by atoms with van der Waals surface area (Å²) in [6.07, 6.45) is -9.91. The molecule has 1 aromatic carbocycles. The number of carboxylic acids is 1. The van der Waals surface area contributed by atoms with Gasteiger partial charge in [0.1, 0.15) is 6.04 Å². The fourth-order valence-corrected chi connectivity index (χ4v) is 4.00. The zero-order valence-electron chi connectivity index (χ0n) is 17.9. The first-order valence-corrected chi connectivity index (χ1v) is 10.7. The van der Waals surface area contributed by atoms with Gasteiger partial charge in [0, 0.05) is 0 Å². The summed E-state index contributed by atoms with van der Waals surface area (Å²) < 4.78 is 79.4. The molecule has 0 aromatic heterocycles. The van der Waals surface area contributed by atoms with Gasteiger partial charge in [0.05, 0.1) is 28.5 Å². The quantitative estimate of drug-likeness (QED) is 0.491. The molecular formula is C21H25ClF6N2O3. The van der Waals surface area contributed by atoms with E-state index in [1.54, 1.807) is 0 Å². The average Bonchev–Trinajstić information content (AvgIpc) is 2.69. The number of alkyl halides is 6. The number of piperidine rings is 1. The molecule has 2 N–H and O–H groups in total. The monoisotopic (exact) mass is 502 g/mol. The number of amides is 1. The Bertz CT molecular complexity index is 853. The van der Waals surface area contributed by atoms with Gasteiger partial charge in [-0.3, -0.25) is 14.5 Å². The van der Waals surface area contributed by atoms with E-state index in [4.69, 9.17) is 16.7 Å². The Kier molecular flexibility index (Phi) is 8.67. The van der Waals surface area contributed by atoms with Crippen molar-refractivity contribution in [3.63, 3.8) is 0 Å². The van der Waals surface area contributed by atoms with Gasteiger partial charge >= 0.3 is 18.3 Å². The van der Waals surface area contributed by atoms with Crippen LogP contribution in [0.15, 0.2) is 18.2 Å². The Morgan fingerprint density at radius 1 is 1.15 bits per heavy atom. The maximum atomic E-state index is 13.5. The minimum absolute atomic E-state index is 0.00121. The molecule has 12 heteroatoms. The molecule has 1 saturated heterocycles. The Hall–Kier alpha value is -2.01. The van der Waals surface area contributed by atoms with E-state index in [0.717, 1.165) is 11.8 Å². The van der Waals surface area contributed by atoms with E-state index in [2.05, 4.69) is 5.32 Å². The smallest absolute Gasteiger partial charge is 0.393 e. The van der Waals surface area contributed by atoms with Gasteiger partial charge in [-0.15, -0.1) is 0 Å². The summed E-state index contributed by atoms with van der Waals surface area (Å²) in [5.74, 6) is -6.61. The number of carbonyl (C=O) groups is 2. The molecule has 5 nitrogen and oxygen atoms in total. The standard InChI is InChI=1S/C21H25ClF6N2O3/c1-11(19(32)33)9-13-3-4-15(22)16(10-13)29-18(31)17(12(2)20(23,24)25)30-7-5-14(6-8-30)21(26,27)28/h3-4,10-12,14,17H,5-9H2,1-2H3,(H,29,31)(H,32,33)/t11-,12+,17+/m0/s1. The van der Waals surface area contributed by atoms with Gasteiger partial charge in [0.2, 0.25) is 5.91 Å². The number of nitrogens with zero attached hydrogens (tertiary/aromatic N) is 1.